The number of anilines is 1. The highest BCUT2D eigenvalue weighted by molar-refractivity contribution is 6.33. The van der Waals surface area contributed by atoms with E-state index < -0.39 is 0 Å². The minimum absolute atomic E-state index is 0.454. The lowest BCUT2D eigenvalue weighted by molar-refractivity contribution is 0.374. The summed E-state index contributed by atoms with van der Waals surface area (Å²) in [6.07, 6.45) is 2.21. The van der Waals surface area contributed by atoms with E-state index in [0.29, 0.717) is 12.0 Å². The Hall–Kier alpha value is -1.38. The molecule has 0 spiro atoms. The van der Waals surface area contributed by atoms with Gasteiger partial charge in [0.25, 0.3) is 0 Å². The van der Waals surface area contributed by atoms with Crippen LogP contribution in [0.4, 0.5) is 5.69 Å². The van der Waals surface area contributed by atoms with Gasteiger partial charge in [-0.05, 0) is 48.6 Å². The van der Waals surface area contributed by atoms with E-state index in [-0.39, 0.29) is 0 Å². The van der Waals surface area contributed by atoms with Gasteiger partial charge in [0.2, 0.25) is 0 Å². The number of halogens is 2. The van der Waals surface area contributed by atoms with Crippen molar-refractivity contribution < 1.29 is 4.74 Å². The minimum atomic E-state index is 0.454. The number of methoxy groups -OCH3 is 1. The summed E-state index contributed by atoms with van der Waals surface area (Å²) in [4.78, 5) is 0. The second-order valence-electron chi connectivity index (χ2n) is 5.41. The van der Waals surface area contributed by atoms with Crippen molar-refractivity contribution in [3.63, 3.8) is 0 Å². The van der Waals surface area contributed by atoms with Gasteiger partial charge in [-0.1, -0.05) is 35.3 Å². The van der Waals surface area contributed by atoms with Gasteiger partial charge in [0.1, 0.15) is 5.75 Å². The molecule has 2 aromatic rings. The Morgan fingerprint density at radius 2 is 1.76 bits per heavy atom. The first-order valence-corrected chi connectivity index (χ1v) is 7.77. The van der Waals surface area contributed by atoms with Crippen molar-refractivity contribution in [3.8, 4) is 5.75 Å². The van der Waals surface area contributed by atoms with Crippen molar-refractivity contribution in [1.29, 1.82) is 0 Å². The van der Waals surface area contributed by atoms with Crippen LogP contribution < -0.4 is 10.1 Å². The molecule has 0 bridgehead atoms. The van der Waals surface area contributed by atoms with Gasteiger partial charge in [-0.2, -0.15) is 0 Å². The summed E-state index contributed by atoms with van der Waals surface area (Å²) in [6, 6.07) is 14.3. The van der Waals surface area contributed by atoms with Crippen molar-refractivity contribution in [2.75, 3.05) is 12.4 Å². The number of benzene rings is 2. The van der Waals surface area contributed by atoms with E-state index in [2.05, 4.69) is 17.4 Å². The fourth-order valence-electron chi connectivity index (χ4n) is 2.70. The van der Waals surface area contributed by atoms with Crippen molar-refractivity contribution >= 4 is 28.9 Å². The molecule has 0 saturated heterocycles. The van der Waals surface area contributed by atoms with Crippen LogP contribution in [0.5, 0.6) is 5.75 Å². The Kier molecular flexibility index (Phi) is 4.27. The lowest BCUT2D eigenvalue weighted by atomic mass is 9.76. The number of hydrogen-bond donors (Lipinski definition) is 1. The maximum atomic E-state index is 6.22. The number of hydrogen-bond acceptors (Lipinski definition) is 2. The van der Waals surface area contributed by atoms with Gasteiger partial charge in [0.05, 0.1) is 17.8 Å². The summed E-state index contributed by atoms with van der Waals surface area (Å²) >= 11 is 12.1. The molecule has 4 heteroatoms. The highest BCUT2D eigenvalue weighted by Gasteiger charge is 2.30. The molecule has 21 heavy (non-hydrogen) atoms. The zero-order valence-corrected chi connectivity index (χ0v) is 13.3. The molecule has 0 unspecified atom stereocenters. The topological polar surface area (TPSA) is 21.3 Å². The van der Waals surface area contributed by atoms with Gasteiger partial charge in [0.15, 0.2) is 0 Å². The molecule has 0 radical (unpaired) electrons. The van der Waals surface area contributed by atoms with Crippen LogP contribution in [0.2, 0.25) is 10.0 Å². The van der Waals surface area contributed by atoms with E-state index in [1.54, 1.807) is 7.11 Å². The summed E-state index contributed by atoms with van der Waals surface area (Å²) < 4.78 is 5.23. The van der Waals surface area contributed by atoms with Crippen LogP contribution in [0.15, 0.2) is 42.5 Å². The van der Waals surface area contributed by atoms with E-state index in [0.717, 1.165) is 34.3 Å². The molecule has 3 rings (SSSR count). The Bertz CT molecular complexity index is 621. The largest absolute Gasteiger partial charge is 0.497 e. The molecule has 0 aromatic heterocycles. The molecule has 0 heterocycles. The van der Waals surface area contributed by atoms with E-state index in [4.69, 9.17) is 27.9 Å². The molecular weight excluding hydrogens is 305 g/mol. The molecule has 2 nitrogen and oxygen atoms in total. The maximum Gasteiger partial charge on any atom is 0.121 e. The molecule has 1 fully saturated rings. The summed E-state index contributed by atoms with van der Waals surface area (Å²) in [5, 5.41) is 5.01. The molecule has 0 aliphatic heterocycles. The van der Waals surface area contributed by atoms with E-state index in [9.17, 15) is 0 Å². The molecule has 1 N–H and O–H groups in total. The Labute approximate surface area is 135 Å². The van der Waals surface area contributed by atoms with Crippen LogP contribution in [0.3, 0.4) is 0 Å². The van der Waals surface area contributed by atoms with Crippen LogP contribution >= 0.6 is 23.2 Å². The number of nitrogens with one attached hydrogen (secondary N) is 1. The maximum absolute atomic E-state index is 6.22. The van der Waals surface area contributed by atoms with Gasteiger partial charge >= 0.3 is 0 Å². The van der Waals surface area contributed by atoms with E-state index in [1.807, 2.05) is 30.3 Å². The summed E-state index contributed by atoms with van der Waals surface area (Å²) in [6.45, 7) is 0. The molecule has 1 saturated carbocycles. The SMILES string of the molecule is COc1ccc(Cl)c(NC2CC(c3ccc(Cl)cc3)C2)c1. The zero-order valence-electron chi connectivity index (χ0n) is 11.8. The fraction of sp³-hybridized carbons (Fsp3) is 0.294. The quantitative estimate of drug-likeness (QED) is 0.818. The summed E-state index contributed by atoms with van der Waals surface area (Å²) in [5.74, 6) is 1.42. The number of rotatable bonds is 4. The first-order valence-electron chi connectivity index (χ1n) is 7.01. The molecule has 0 amide bonds. The standard InChI is InChI=1S/C17H17Cl2NO/c1-21-15-6-7-16(19)17(10-15)20-14-8-12(9-14)11-2-4-13(18)5-3-11/h2-7,10,12,14,20H,8-9H2,1H3. The van der Waals surface area contributed by atoms with Crippen molar-refractivity contribution in [3.05, 3.63) is 58.1 Å². The first-order chi connectivity index (χ1) is 10.2. The molecule has 110 valence electrons. The van der Waals surface area contributed by atoms with Crippen LogP contribution in [0.1, 0.15) is 24.3 Å². The van der Waals surface area contributed by atoms with Gasteiger partial charge in [-0.15, -0.1) is 0 Å². The van der Waals surface area contributed by atoms with Gasteiger partial charge in [-0.25, -0.2) is 0 Å². The highest BCUT2D eigenvalue weighted by atomic mass is 35.5. The van der Waals surface area contributed by atoms with E-state index in [1.165, 1.54) is 5.56 Å². The average molecular weight is 322 g/mol. The monoisotopic (exact) mass is 321 g/mol. The Morgan fingerprint density at radius 3 is 2.43 bits per heavy atom. The fourth-order valence-corrected chi connectivity index (χ4v) is 3.00. The van der Waals surface area contributed by atoms with Crippen molar-refractivity contribution in [1.82, 2.24) is 0 Å². The second-order valence-corrected chi connectivity index (χ2v) is 6.25. The third kappa shape index (κ3) is 3.28. The minimum Gasteiger partial charge on any atom is -0.497 e. The lowest BCUT2D eigenvalue weighted by Crippen LogP contribution is -2.34. The van der Waals surface area contributed by atoms with Gasteiger partial charge in [-0.3, -0.25) is 0 Å². The summed E-state index contributed by atoms with van der Waals surface area (Å²) in [7, 11) is 1.66. The van der Waals surface area contributed by atoms with Crippen molar-refractivity contribution in [2.45, 2.75) is 24.8 Å². The molecule has 1 aliphatic rings. The Morgan fingerprint density at radius 1 is 1.05 bits per heavy atom. The van der Waals surface area contributed by atoms with Crippen LogP contribution in [-0.2, 0) is 0 Å². The van der Waals surface area contributed by atoms with Crippen LogP contribution in [0.25, 0.3) is 0 Å². The van der Waals surface area contributed by atoms with Crippen molar-refractivity contribution in [2.24, 2.45) is 0 Å². The normalized spacial score (nSPS) is 20.7. The first kappa shape index (κ1) is 14.6. The third-order valence-corrected chi connectivity index (χ3v) is 4.59. The molecule has 0 atom stereocenters. The van der Waals surface area contributed by atoms with Crippen LogP contribution in [0, 0.1) is 0 Å². The molecule has 1 aliphatic carbocycles. The lowest BCUT2D eigenvalue weighted by Gasteiger charge is -2.37. The zero-order chi connectivity index (χ0) is 14.8. The third-order valence-electron chi connectivity index (χ3n) is 4.01. The Balaban J connectivity index is 1.61. The molecular formula is C17H17Cl2NO. The van der Waals surface area contributed by atoms with Gasteiger partial charge < -0.3 is 10.1 Å². The average Bonchev–Trinajstić information content (AvgIpc) is 2.45. The predicted molar refractivity (Wildman–Crippen MR) is 88.8 cm³/mol. The highest BCUT2D eigenvalue weighted by Crippen LogP contribution is 2.40. The van der Waals surface area contributed by atoms with Gasteiger partial charge in [0, 0.05) is 17.1 Å². The molecule has 2 aromatic carbocycles. The van der Waals surface area contributed by atoms with E-state index >= 15 is 0 Å². The predicted octanol–water partition coefficient (Wildman–Crippen LogP) is 5.36. The summed E-state index contributed by atoms with van der Waals surface area (Å²) in [5.41, 5.74) is 2.30. The number of ether oxygens (including phenoxy) is 1. The van der Waals surface area contributed by atoms with Crippen LogP contribution in [-0.4, -0.2) is 13.2 Å². The second kappa shape index (κ2) is 6.17. The smallest absolute Gasteiger partial charge is 0.121 e.